The molecule has 0 spiro atoms. The van der Waals surface area contributed by atoms with Gasteiger partial charge in [-0.25, -0.2) is 0 Å². The Kier molecular flexibility index (Phi) is 3.62. The second-order valence-electron chi connectivity index (χ2n) is 4.46. The minimum absolute atomic E-state index is 0.142. The van der Waals surface area contributed by atoms with E-state index in [1.54, 1.807) is 0 Å². The Labute approximate surface area is 96.0 Å². The van der Waals surface area contributed by atoms with Crippen molar-refractivity contribution in [2.75, 3.05) is 6.54 Å². The zero-order valence-electron chi connectivity index (χ0n) is 9.70. The van der Waals surface area contributed by atoms with Crippen LogP contribution in [0.3, 0.4) is 0 Å². The second kappa shape index (κ2) is 5.16. The van der Waals surface area contributed by atoms with Crippen molar-refractivity contribution in [2.24, 2.45) is 7.05 Å². The number of amides is 1. The third kappa shape index (κ3) is 3.10. The first-order valence-electron chi connectivity index (χ1n) is 5.85. The predicted octanol–water partition coefficient (Wildman–Crippen LogP) is 0.783. The van der Waals surface area contributed by atoms with Crippen molar-refractivity contribution in [3.63, 3.8) is 0 Å². The van der Waals surface area contributed by atoms with Gasteiger partial charge >= 0.3 is 0 Å². The Morgan fingerprint density at radius 3 is 3.19 bits per heavy atom. The van der Waals surface area contributed by atoms with Gasteiger partial charge in [-0.15, -0.1) is 0 Å². The van der Waals surface area contributed by atoms with E-state index < -0.39 is 0 Å². The lowest BCUT2D eigenvalue weighted by Gasteiger charge is -2.09. The monoisotopic (exact) mass is 221 g/mol. The molecule has 0 saturated carbocycles. The maximum absolute atomic E-state index is 11.6. The number of carbonyl (C=O) groups excluding carboxylic acids is 1. The van der Waals surface area contributed by atoms with E-state index in [0.29, 0.717) is 19.0 Å². The zero-order valence-corrected chi connectivity index (χ0v) is 9.70. The minimum Gasteiger partial charge on any atom is -0.357 e. The normalized spacial score (nSPS) is 19.9. The molecule has 0 aliphatic carbocycles. The van der Waals surface area contributed by atoms with E-state index in [4.69, 9.17) is 0 Å². The molecule has 1 fully saturated rings. The van der Waals surface area contributed by atoms with Crippen LogP contribution in [0.1, 0.15) is 24.8 Å². The van der Waals surface area contributed by atoms with E-state index in [1.807, 2.05) is 30.1 Å². The molecule has 1 amide bonds. The molecule has 4 heteroatoms. The summed E-state index contributed by atoms with van der Waals surface area (Å²) in [6.07, 6.45) is 6.93. The first-order valence-corrected chi connectivity index (χ1v) is 5.85. The van der Waals surface area contributed by atoms with Crippen LogP contribution in [0.15, 0.2) is 18.5 Å². The summed E-state index contributed by atoms with van der Waals surface area (Å²) in [6.45, 7) is 1.68. The average Bonchev–Trinajstić information content (AvgIpc) is 2.87. The van der Waals surface area contributed by atoms with Crippen LogP contribution in [-0.4, -0.2) is 23.1 Å². The maximum Gasteiger partial charge on any atom is 0.221 e. The summed E-state index contributed by atoms with van der Waals surface area (Å²) in [5.41, 5.74) is 1.15. The summed E-state index contributed by atoms with van der Waals surface area (Å²) in [6, 6.07) is 2.41. The molecule has 0 radical (unpaired) electrons. The molecular formula is C12H19N3O. The number of hydrogen-bond acceptors (Lipinski definition) is 2. The second-order valence-corrected chi connectivity index (χ2v) is 4.46. The molecule has 4 nitrogen and oxygen atoms in total. The molecule has 0 aromatic carbocycles. The molecule has 88 valence electrons. The number of rotatable bonds is 4. The minimum atomic E-state index is 0.142. The van der Waals surface area contributed by atoms with Crippen LogP contribution in [0.5, 0.6) is 0 Å². The van der Waals surface area contributed by atoms with Gasteiger partial charge in [0.1, 0.15) is 0 Å². The smallest absolute Gasteiger partial charge is 0.221 e. The van der Waals surface area contributed by atoms with Gasteiger partial charge in [0.05, 0.1) is 0 Å². The Hall–Kier alpha value is -1.29. The van der Waals surface area contributed by atoms with E-state index in [-0.39, 0.29) is 5.91 Å². The van der Waals surface area contributed by atoms with Crippen molar-refractivity contribution >= 4 is 5.91 Å². The van der Waals surface area contributed by atoms with Crippen molar-refractivity contribution in [1.29, 1.82) is 0 Å². The van der Waals surface area contributed by atoms with Crippen molar-refractivity contribution < 1.29 is 4.79 Å². The molecule has 1 aromatic heterocycles. The van der Waals surface area contributed by atoms with Crippen LogP contribution in [0.2, 0.25) is 0 Å². The Balaban J connectivity index is 1.71. The average molecular weight is 221 g/mol. The molecule has 2 rings (SSSR count). The largest absolute Gasteiger partial charge is 0.357 e. The summed E-state index contributed by atoms with van der Waals surface area (Å²) < 4.78 is 1.99. The molecule has 1 unspecified atom stereocenters. The first kappa shape index (κ1) is 11.2. The fourth-order valence-corrected chi connectivity index (χ4v) is 2.09. The number of nitrogens with zero attached hydrogens (tertiary/aromatic N) is 1. The van der Waals surface area contributed by atoms with Crippen LogP contribution < -0.4 is 10.6 Å². The zero-order chi connectivity index (χ0) is 11.4. The van der Waals surface area contributed by atoms with Crippen molar-refractivity contribution in [3.05, 3.63) is 24.0 Å². The number of aryl methyl sites for hydroxylation is 1. The highest BCUT2D eigenvalue weighted by Crippen LogP contribution is 2.08. The van der Waals surface area contributed by atoms with Crippen molar-refractivity contribution in [1.82, 2.24) is 15.2 Å². The topological polar surface area (TPSA) is 46.1 Å². The fourth-order valence-electron chi connectivity index (χ4n) is 2.09. The fraction of sp³-hybridized carbons (Fsp3) is 0.583. The molecule has 1 aliphatic rings. The highest BCUT2D eigenvalue weighted by Gasteiger charge is 2.17. The van der Waals surface area contributed by atoms with Crippen molar-refractivity contribution in [3.8, 4) is 0 Å². The van der Waals surface area contributed by atoms with Gasteiger partial charge in [0, 0.05) is 38.4 Å². The van der Waals surface area contributed by atoms with Crippen LogP contribution in [0, 0.1) is 0 Å². The Morgan fingerprint density at radius 1 is 1.69 bits per heavy atom. The Bertz CT molecular complexity index is 353. The van der Waals surface area contributed by atoms with Crippen LogP contribution in [0.4, 0.5) is 0 Å². The number of carbonyl (C=O) groups is 1. The van der Waals surface area contributed by atoms with Gasteiger partial charge in [-0.2, -0.15) is 0 Å². The summed E-state index contributed by atoms with van der Waals surface area (Å²) in [5.74, 6) is 0.142. The number of nitrogens with one attached hydrogen (secondary N) is 2. The SMILES string of the molecule is Cn1ccc(CNC(=O)CC2CCCN2)c1. The van der Waals surface area contributed by atoms with Crippen molar-refractivity contribution in [2.45, 2.75) is 31.8 Å². The summed E-state index contributed by atoms with van der Waals surface area (Å²) in [7, 11) is 1.98. The molecule has 2 heterocycles. The number of aromatic nitrogens is 1. The van der Waals surface area contributed by atoms with Gasteiger partial charge in [0.25, 0.3) is 0 Å². The summed E-state index contributed by atoms with van der Waals surface area (Å²) in [4.78, 5) is 11.6. The molecule has 2 N–H and O–H groups in total. The summed E-state index contributed by atoms with van der Waals surface area (Å²) in [5, 5.41) is 6.27. The third-order valence-electron chi connectivity index (χ3n) is 2.98. The lowest BCUT2D eigenvalue weighted by Crippen LogP contribution is -2.31. The van der Waals surface area contributed by atoms with E-state index in [2.05, 4.69) is 10.6 Å². The van der Waals surface area contributed by atoms with Gasteiger partial charge in [-0.1, -0.05) is 0 Å². The molecule has 1 saturated heterocycles. The third-order valence-corrected chi connectivity index (χ3v) is 2.98. The van der Waals surface area contributed by atoms with Gasteiger partial charge < -0.3 is 15.2 Å². The van der Waals surface area contributed by atoms with E-state index >= 15 is 0 Å². The first-order chi connectivity index (χ1) is 7.74. The highest BCUT2D eigenvalue weighted by molar-refractivity contribution is 5.76. The van der Waals surface area contributed by atoms with Crippen LogP contribution in [0.25, 0.3) is 0 Å². The maximum atomic E-state index is 11.6. The van der Waals surface area contributed by atoms with Gasteiger partial charge in [0.15, 0.2) is 0 Å². The number of hydrogen-bond donors (Lipinski definition) is 2. The molecule has 0 bridgehead atoms. The lowest BCUT2D eigenvalue weighted by molar-refractivity contribution is -0.121. The Morgan fingerprint density at radius 2 is 2.56 bits per heavy atom. The van der Waals surface area contributed by atoms with Gasteiger partial charge in [-0.05, 0) is 31.0 Å². The summed E-state index contributed by atoms with van der Waals surface area (Å²) >= 11 is 0. The standard InChI is InChI=1S/C12H19N3O/c1-15-6-4-10(9-15)8-14-12(16)7-11-3-2-5-13-11/h4,6,9,11,13H,2-3,5,7-8H2,1H3,(H,14,16). The predicted molar refractivity (Wildman–Crippen MR) is 62.9 cm³/mol. The van der Waals surface area contributed by atoms with E-state index in [0.717, 1.165) is 18.5 Å². The molecule has 1 aromatic rings. The van der Waals surface area contributed by atoms with Crippen LogP contribution >= 0.6 is 0 Å². The van der Waals surface area contributed by atoms with E-state index in [1.165, 1.54) is 6.42 Å². The molecular weight excluding hydrogens is 202 g/mol. The highest BCUT2D eigenvalue weighted by atomic mass is 16.1. The van der Waals surface area contributed by atoms with Gasteiger partial charge in [-0.3, -0.25) is 4.79 Å². The van der Waals surface area contributed by atoms with Gasteiger partial charge in [0.2, 0.25) is 5.91 Å². The van der Waals surface area contributed by atoms with Crippen LogP contribution in [-0.2, 0) is 18.4 Å². The molecule has 16 heavy (non-hydrogen) atoms. The quantitative estimate of drug-likeness (QED) is 0.789. The molecule has 1 atom stereocenters. The van der Waals surface area contributed by atoms with E-state index in [9.17, 15) is 4.79 Å². The molecule has 1 aliphatic heterocycles. The lowest BCUT2D eigenvalue weighted by atomic mass is 10.1.